The molecule has 1 heterocycles. The number of ether oxygens (including phenoxy) is 1. The quantitative estimate of drug-likeness (QED) is 0.574. The first-order valence-electron chi connectivity index (χ1n) is 5.77. The maximum atomic E-state index is 11.8. The lowest BCUT2D eigenvalue weighted by Gasteiger charge is -2.22. The number of aromatic hydroxyl groups is 1. The van der Waals surface area contributed by atoms with Crippen LogP contribution in [0.3, 0.4) is 0 Å². The summed E-state index contributed by atoms with van der Waals surface area (Å²) in [6.07, 6.45) is -0.601. The highest BCUT2D eigenvalue weighted by atomic mass is 16.5. The monoisotopic (exact) mass is 266 g/mol. The molecule has 0 aliphatic carbocycles. The number of rotatable bonds is 3. The van der Waals surface area contributed by atoms with Crippen molar-refractivity contribution in [1.82, 2.24) is 5.32 Å². The number of anilines is 1. The molecule has 0 aromatic heterocycles. The molecule has 0 bridgehead atoms. The van der Waals surface area contributed by atoms with E-state index in [-0.39, 0.29) is 17.2 Å². The third-order valence-corrected chi connectivity index (χ3v) is 2.71. The third kappa shape index (κ3) is 3.21. The Labute approximate surface area is 109 Å². The normalized spacial score (nSPS) is 18.8. The van der Waals surface area contributed by atoms with E-state index in [4.69, 9.17) is 9.84 Å². The van der Waals surface area contributed by atoms with Gasteiger partial charge in [0.15, 0.2) is 0 Å². The summed E-state index contributed by atoms with van der Waals surface area (Å²) >= 11 is 0. The Balaban J connectivity index is 2.08. The molecule has 1 aromatic carbocycles. The molecule has 1 amide bonds. The van der Waals surface area contributed by atoms with Crippen LogP contribution in [0.25, 0.3) is 0 Å². The number of carbonyl (C=O) groups is 2. The van der Waals surface area contributed by atoms with Crippen molar-refractivity contribution >= 4 is 17.6 Å². The standard InChI is InChI=1S/C12H14N2O5/c15-9-2-1-7(5-8(9)12(17)18)14-11(16)10-6-13-3-4-19-10/h1-2,5,10,13,15H,3-4,6H2,(H,14,16)(H,17,18). The van der Waals surface area contributed by atoms with Crippen molar-refractivity contribution in [2.75, 3.05) is 25.0 Å². The molecule has 0 saturated carbocycles. The SMILES string of the molecule is O=C(O)c1cc(NC(=O)C2CNCCO2)ccc1O. The summed E-state index contributed by atoms with van der Waals surface area (Å²) < 4.78 is 5.27. The number of carboxylic acids is 1. The number of nitrogens with one attached hydrogen (secondary N) is 2. The van der Waals surface area contributed by atoms with Gasteiger partial charge in [0.2, 0.25) is 0 Å². The van der Waals surface area contributed by atoms with Crippen molar-refractivity contribution in [1.29, 1.82) is 0 Å². The van der Waals surface area contributed by atoms with Crippen LogP contribution in [-0.4, -0.2) is 47.9 Å². The van der Waals surface area contributed by atoms with Crippen LogP contribution in [0.1, 0.15) is 10.4 Å². The van der Waals surface area contributed by atoms with Gasteiger partial charge < -0.3 is 25.6 Å². The number of amides is 1. The second-order valence-corrected chi connectivity index (χ2v) is 4.09. The second kappa shape index (κ2) is 5.68. The number of aromatic carboxylic acids is 1. The third-order valence-electron chi connectivity index (χ3n) is 2.71. The first-order chi connectivity index (χ1) is 9.08. The Morgan fingerprint density at radius 2 is 2.21 bits per heavy atom. The Kier molecular flexibility index (Phi) is 3.98. The fraction of sp³-hybridized carbons (Fsp3) is 0.333. The van der Waals surface area contributed by atoms with Gasteiger partial charge in [0.25, 0.3) is 5.91 Å². The van der Waals surface area contributed by atoms with Crippen LogP contribution in [0.4, 0.5) is 5.69 Å². The lowest BCUT2D eigenvalue weighted by Crippen LogP contribution is -2.45. The van der Waals surface area contributed by atoms with Crippen molar-refractivity contribution in [2.45, 2.75) is 6.10 Å². The zero-order valence-electron chi connectivity index (χ0n) is 10.0. The Hall–Kier alpha value is -2.12. The molecule has 1 atom stereocenters. The molecule has 0 spiro atoms. The molecule has 4 N–H and O–H groups in total. The molecule has 1 aromatic rings. The van der Waals surface area contributed by atoms with Gasteiger partial charge in [-0.25, -0.2) is 4.79 Å². The zero-order chi connectivity index (χ0) is 13.8. The summed E-state index contributed by atoms with van der Waals surface area (Å²) in [4.78, 5) is 22.7. The molecule has 102 valence electrons. The van der Waals surface area contributed by atoms with E-state index < -0.39 is 12.1 Å². The lowest BCUT2D eigenvalue weighted by molar-refractivity contribution is -0.128. The molecule has 7 nitrogen and oxygen atoms in total. The van der Waals surface area contributed by atoms with Gasteiger partial charge in [-0.05, 0) is 18.2 Å². The van der Waals surface area contributed by atoms with Gasteiger partial charge in [-0.15, -0.1) is 0 Å². The topological polar surface area (TPSA) is 108 Å². The molecule has 1 aliphatic heterocycles. The van der Waals surface area contributed by atoms with Gasteiger partial charge in [0.1, 0.15) is 17.4 Å². The highest BCUT2D eigenvalue weighted by molar-refractivity contribution is 5.97. The molecular weight excluding hydrogens is 252 g/mol. The molecule has 7 heteroatoms. The van der Waals surface area contributed by atoms with Gasteiger partial charge in [-0.2, -0.15) is 0 Å². The van der Waals surface area contributed by atoms with Crippen molar-refractivity contribution in [2.24, 2.45) is 0 Å². The largest absolute Gasteiger partial charge is 0.507 e. The number of carboxylic acid groups (broad SMARTS) is 1. The van der Waals surface area contributed by atoms with Crippen LogP contribution in [0.5, 0.6) is 5.75 Å². The van der Waals surface area contributed by atoms with Gasteiger partial charge in [-0.3, -0.25) is 4.79 Å². The highest BCUT2D eigenvalue weighted by Gasteiger charge is 2.22. The predicted octanol–water partition coefficient (Wildman–Crippen LogP) is 0.0173. The smallest absolute Gasteiger partial charge is 0.339 e. The molecule has 1 unspecified atom stereocenters. The number of hydrogen-bond donors (Lipinski definition) is 4. The van der Waals surface area contributed by atoms with Crippen molar-refractivity contribution in [3.8, 4) is 5.75 Å². The Bertz CT molecular complexity index is 497. The minimum Gasteiger partial charge on any atom is -0.507 e. The van der Waals surface area contributed by atoms with E-state index in [1.807, 2.05) is 0 Å². The van der Waals surface area contributed by atoms with E-state index in [1.54, 1.807) is 0 Å². The fourth-order valence-electron chi connectivity index (χ4n) is 1.74. The number of benzene rings is 1. The molecule has 1 saturated heterocycles. The maximum absolute atomic E-state index is 11.8. The summed E-state index contributed by atoms with van der Waals surface area (Å²) in [5, 5.41) is 23.8. The molecule has 2 rings (SSSR count). The summed E-state index contributed by atoms with van der Waals surface area (Å²) in [5.41, 5.74) is 0.0369. The summed E-state index contributed by atoms with van der Waals surface area (Å²) in [5.74, 6) is -1.96. The first-order valence-corrected chi connectivity index (χ1v) is 5.77. The van der Waals surface area contributed by atoms with Gasteiger partial charge >= 0.3 is 5.97 Å². The summed E-state index contributed by atoms with van der Waals surface area (Å²) in [6, 6.07) is 3.85. The maximum Gasteiger partial charge on any atom is 0.339 e. The van der Waals surface area contributed by atoms with Gasteiger partial charge in [0.05, 0.1) is 6.61 Å². The Morgan fingerprint density at radius 3 is 2.84 bits per heavy atom. The van der Waals surface area contributed by atoms with Gasteiger partial charge in [0, 0.05) is 18.8 Å². The predicted molar refractivity (Wildman–Crippen MR) is 66.3 cm³/mol. The van der Waals surface area contributed by atoms with E-state index in [9.17, 15) is 14.7 Å². The van der Waals surface area contributed by atoms with E-state index in [1.165, 1.54) is 18.2 Å². The first kappa shape index (κ1) is 13.3. The van der Waals surface area contributed by atoms with Crippen molar-refractivity contribution in [3.05, 3.63) is 23.8 Å². The van der Waals surface area contributed by atoms with Gasteiger partial charge in [-0.1, -0.05) is 0 Å². The van der Waals surface area contributed by atoms with Crippen LogP contribution in [-0.2, 0) is 9.53 Å². The lowest BCUT2D eigenvalue weighted by atomic mass is 10.1. The number of hydrogen-bond acceptors (Lipinski definition) is 5. The van der Waals surface area contributed by atoms with Crippen LogP contribution in [0.2, 0.25) is 0 Å². The number of morpholine rings is 1. The Morgan fingerprint density at radius 1 is 1.42 bits per heavy atom. The second-order valence-electron chi connectivity index (χ2n) is 4.09. The molecular formula is C12H14N2O5. The van der Waals surface area contributed by atoms with E-state index in [0.29, 0.717) is 25.4 Å². The minimum absolute atomic E-state index is 0.263. The van der Waals surface area contributed by atoms with Crippen LogP contribution in [0.15, 0.2) is 18.2 Å². The minimum atomic E-state index is -1.26. The molecule has 19 heavy (non-hydrogen) atoms. The van der Waals surface area contributed by atoms with E-state index in [0.717, 1.165) is 0 Å². The molecule has 0 radical (unpaired) electrons. The van der Waals surface area contributed by atoms with Crippen molar-refractivity contribution < 1.29 is 24.5 Å². The van der Waals surface area contributed by atoms with Crippen LogP contribution in [0, 0.1) is 0 Å². The molecule has 1 fully saturated rings. The highest BCUT2D eigenvalue weighted by Crippen LogP contribution is 2.21. The summed E-state index contributed by atoms with van der Waals surface area (Å²) in [6.45, 7) is 1.57. The average molecular weight is 266 g/mol. The number of carbonyl (C=O) groups excluding carboxylic acids is 1. The molecule has 1 aliphatic rings. The van der Waals surface area contributed by atoms with Crippen molar-refractivity contribution in [3.63, 3.8) is 0 Å². The van der Waals surface area contributed by atoms with Crippen LogP contribution < -0.4 is 10.6 Å². The van der Waals surface area contributed by atoms with E-state index in [2.05, 4.69) is 10.6 Å². The fourth-order valence-corrected chi connectivity index (χ4v) is 1.74. The van der Waals surface area contributed by atoms with Crippen LogP contribution >= 0.6 is 0 Å². The summed E-state index contributed by atoms with van der Waals surface area (Å²) in [7, 11) is 0. The zero-order valence-corrected chi connectivity index (χ0v) is 10.0. The number of phenols is 1. The van der Waals surface area contributed by atoms with E-state index >= 15 is 0 Å². The average Bonchev–Trinajstić information content (AvgIpc) is 2.41.